The standard InChI is InChI=1S/C23H29N5O3S/c1-27(2)19(18-7-5-6-8-20(18)31-4)15-24-21(29)13-14-28-22(25-26-23(28)32)16-9-11-17(30-3)12-10-16/h5-12,19H,13-15H2,1-4H3,(H,24,29)(H,26,32). The Morgan fingerprint density at radius 1 is 1.16 bits per heavy atom. The van der Waals surface area contributed by atoms with E-state index in [1.54, 1.807) is 14.2 Å². The number of amides is 1. The fourth-order valence-electron chi connectivity index (χ4n) is 3.51. The van der Waals surface area contributed by atoms with Crippen LogP contribution in [0.4, 0.5) is 0 Å². The molecule has 2 aromatic carbocycles. The van der Waals surface area contributed by atoms with E-state index in [2.05, 4.69) is 20.4 Å². The lowest BCUT2D eigenvalue weighted by Crippen LogP contribution is -2.35. The van der Waals surface area contributed by atoms with Crippen molar-refractivity contribution < 1.29 is 14.3 Å². The van der Waals surface area contributed by atoms with Crippen molar-refractivity contribution in [1.29, 1.82) is 0 Å². The summed E-state index contributed by atoms with van der Waals surface area (Å²) >= 11 is 5.37. The lowest BCUT2D eigenvalue weighted by atomic mass is 10.0. The van der Waals surface area contributed by atoms with Crippen LogP contribution in [0.5, 0.6) is 11.5 Å². The Kier molecular flexibility index (Phi) is 8.02. The fraction of sp³-hybridized carbons (Fsp3) is 0.348. The first-order valence-corrected chi connectivity index (χ1v) is 10.7. The lowest BCUT2D eigenvalue weighted by Gasteiger charge is -2.26. The number of nitrogens with one attached hydrogen (secondary N) is 2. The molecule has 9 heteroatoms. The summed E-state index contributed by atoms with van der Waals surface area (Å²) in [5, 5.41) is 10.2. The number of aromatic nitrogens is 3. The molecule has 0 bridgehead atoms. The molecule has 1 atom stereocenters. The van der Waals surface area contributed by atoms with Crippen LogP contribution in [-0.4, -0.2) is 60.4 Å². The molecular formula is C23H29N5O3S. The number of nitrogens with zero attached hydrogens (tertiary/aromatic N) is 3. The van der Waals surface area contributed by atoms with Crippen molar-refractivity contribution in [1.82, 2.24) is 25.0 Å². The monoisotopic (exact) mass is 455 g/mol. The average Bonchev–Trinajstić information content (AvgIpc) is 3.18. The molecule has 0 fully saturated rings. The van der Waals surface area contributed by atoms with Gasteiger partial charge in [-0.25, -0.2) is 0 Å². The van der Waals surface area contributed by atoms with Gasteiger partial charge in [0.25, 0.3) is 0 Å². The molecule has 8 nitrogen and oxygen atoms in total. The second-order valence-electron chi connectivity index (χ2n) is 7.51. The van der Waals surface area contributed by atoms with Crippen LogP contribution in [0.2, 0.25) is 0 Å². The maximum Gasteiger partial charge on any atom is 0.221 e. The molecule has 0 saturated carbocycles. The molecule has 1 heterocycles. The van der Waals surface area contributed by atoms with Crippen LogP contribution < -0.4 is 14.8 Å². The first-order chi connectivity index (χ1) is 15.4. The second kappa shape index (κ2) is 10.9. The van der Waals surface area contributed by atoms with Gasteiger partial charge in [-0.2, -0.15) is 5.10 Å². The summed E-state index contributed by atoms with van der Waals surface area (Å²) in [7, 11) is 7.24. The maximum absolute atomic E-state index is 12.6. The second-order valence-corrected chi connectivity index (χ2v) is 7.89. The number of hydrogen-bond acceptors (Lipinski definition) is 6. The van der Waals surface area contributed by atoms with E-state index in [1.165, 1.54) is 0 Å². The van der Waals surface area contributed by atoms with E-state index in [4.69, 9.17) is 21.7 Å². The molecule has 1 aromatic heterocycles. The number of benzene rings is 2. The molecule has 3 aromatic rings. The van der Waals surface area contributed by atoms with Gasteiger partial charge < -0.3 is 19.7 Å². The number of aromatic amines is 1. The van der Waals surface area contributed by atoms with Crippen LogP contribution in [0.15, 0.2) is 48.5 Å². The Bertz CT molecular complexity index is 1090. The van der Waals surface area contributed by atoms with Gasteiger partial charge >= 0.3 is 0 Å². The summed E-state index contributed by atoms with van der Waals surface area (Å²) < 4.78 is 13.0. The largest absolute Gasteiger partial charge is 0.497 e. The smallest absolute Gasteiger partial charge is 0.221 e. The van der Waals surface area contributed by atoms with E-state index in [0.29, 0.717) is 23.7 Å². The molecule has 0 aliphatic rings. The summed E-state index contributed by atoms with van der Waals surface area (Å²) in [4.78, 5) is 14.7. The molecule has 2 N–H and O–H groups in total. The molecular weight excluding hydrogens is 426 g/mol. The number of hydrogen-bond donors (Lipinski definition) is 2. The fourth-order valence-corrected chi connectivity index (χ4v) is 3.73. The molecule has 32 heavy (non-hydrogen) atoms. The molecule has 0 spiro atoms. The minimum absolute atomic E-state index is 0.0129. The summed E-state index contributed by atoms with van der Waals surface area (Å²) in [6, 6.07) is 15.4. The molecule has 0 aliphatic heterocycles. The summed E-state index contributed by atoms with van der Waals surface area (Å²) in [5.74, 6) is 2.19. The predicted molar refractivity (Wildman–Crippen MR) is 126 cm³/mol. The van der Waals surface area contributed by atoms with Crippen molar-refractivity contribution in [3.63, 3.8) is 0 Å². The Morgan fingerprint density at radius 2 is 1.88 bits per heavy atom. The van der Waals surface area contributed by atoms with Gasteiger partial charge in [-0.3, -0.25) is 14.5 Å². The van der Waals surface area contributed by atoms with Crippen LogP contribution in [0, 0.1) is 4.77 Å². The first-order valence-electron chi connectivity index (χ1n) is 10.3. The molecule has 0 aliphatic carbocycles. The number of rotatable bonds is 10. The third-order valence-electron chi connectivity index (χ3n) is 5.28. The number of para-hydroxylation sites is 1. The molecule has 170 valence electrons. The van der Waals surface area contributed by atoms with Crippen LogP contribution in [0.25, 0.3) is 11.4 Å². The number of carbonyl (C=O) groups is 1. The number of carbonyl (C=O) groups excluding carboxylic acids is 1. The number of H-pyrrole nitrogens is 1. The van der Waals surface area contributed by atoms with Crippen molar-refractivity contribution >= 4 is 18.1 Å². The molecule has 1 amide bonds. The highest BCUT2D eigenvalue weighted by Crippen LogP contribution is 2.27. The third kappa shape index (κ3) is 5.54. The number of likely N-dealkylation sites (N-methyl/N-ethyl adjacent to an activating group) is 1. The van der Waals surface area contributed by atoms with Gasteiger partial charge in [-0.05, 0) is 56.6 Å². The van der Waals surface area contributed by atoms with Gasteiger partial charge in [-0.15, -0.1) is 0 Å². The van der Waals surface area contributed by atoms with E-state index in [1.807, 2.05) is 67.2 Å². The Morgan fingerprint density at radius 3 is 2.53 bits per heavy atom. The van der Waals surface area contributed by atoms with Crippen molar-refractivity contribution in [3.8, 4) is 22.9 Å². The highest BCUT2D eigenvalue weighted by atomic mass is 32.1. The quantitative estimate of drug-likeness (QED) is 0.456. The normalized spacial score (nSPS) is 11.9. The van der Waals surface area contributed by atoms with Gasteiger partial charge in [0.2, 0.25) is 5.91 Å². The van der Waals surface area contributed by atoms with E-state index in [9.17, 15) is 4.79 Å². The van der Waals surface area contributed by atoms with E-state index in [-0.39, 0.29) is 18.4 Å². The van der Waals surface area contributed by atoms with Gasteiger partial charge in [0.15, 0.2) is 10.6 Å². The van der Waals surface area contributed by atoms with E-state index in [0.717, 1.165) is 22.6 Å². The first kappa shape index (κ1) is 23.5. The highest BCUT2D eigenvalue weighted by Gasteiger charge is 2.19. The van der Waals surface area contributed by atoms with Crippen molar-refractivity contribution in [2.24, 2.45) is 0 Å². The van der Waals surface area contributed by atoms with Gasteiger partial charge in [-0.1, -0.05) is 18.2 Å². The van der Waals surface area contributed by atoms with Crippen molar-refractivity contribution in [3.05, 3.63) is 58.9 Å². The lowest BCUT2D eigenvalue weighted by molar-refractivity contribution is -0.121. The minimum Gasteiger partial charge on any atom is -0.497 e. The Labute approximate surface area is 193 Å². The minimum atomic E-state index is -0.0597. The summed E-state index contributed by atoms with van der Waals surface area (Å²) in [6.07, 6.45) is 0.281. The molecule has 0 radical (unpaired) electrons. The van der Waals surface area contributed by atoms with Crippen molar-refractivity contribution in [2.75, 3.05) is 34.9 Å². The Balaban J connectivity index is 1.65. The molecule has 1 unspecified atom stereocenters. The SMILES string of the molecule is COc1ccc(-c2n[nH]c(=S)n2CCC(=O)NCC(c2ccccc2OC)N(C)C)cc1. The van der Waals surface area contributed by atoms with Crippen LogP contribution >= 0.6 is 12.2 Å². The Hall–Kier alpha value is -3.17. The average molecular weight is 456 g/mol. The summed E-state index contributed by atoms with van der Waals surface area (Å²) in [5.41, 5.74) is 1.92. The van der Waals surface area contributed by atoms with Gasteiger partial charge in [0.1, 0.15) is 11.5 Å². The van der Waals surface area contributed by atoms with E-state index >= 15 is 0 Å². The predicted octanol–water partition coefficient (Wildman–Crippen LogP) is 3.43. The van der Waals surface area contributed by atoms with Crippen molar-refractivity contribution in [2.45, 2.75) is 19.0 Å². The highest BCUT2D eigenvalue weighted by molar-refractivity contribution is 7.71. The van der Waals surface area contributed by atoms with Crippen LogP contribution in [0.3, 0.4) is 0 Å². The van der Waals surface area contributed by atoms with E-state index < -0.39 is 0 Å². The number of methoxy groups -OCH3 is 2. The van der Waals surface area contributed by atoms with Crippen LogP contribution in [0.1, 0.15) is 18.0 Å². The van der Waals surface area contributed by atoms with Gasteiger partial charge in [0.05, 0.1) is 20.3 Å². The maximum atomic E-state index is 12.6. The number of ether oxygens (including phenoxy) is 2. The topological polar surface area (TPSA) is 84.4 Å². The summed E-state index contributed by atoms with van der Waals surface area (Å²) in [6.45, 7) is 0.887. The zero-order chi connectivity index (χ0) is 23.1. The van der Waals surface area contributed by atoms with Crippen LogP contribution in [-0.2, 0) is 11.3 Å². The third-order valence-corrected chi connectivity index (χ3v) is 5.59. The zero-order valence-corrected chi connectivity index (χ0v) is 19.6. The molecule has 0 saturated heterocycles. The molecule has 3 rings (SSSR count). The van der Waals surface area contributed by atoms with Gasteiger partial charge in [0, 0.05) is 30.6 Å². The zero-order valence-electron chi connectivity index (χ0n) is 18.8.